The number of nitrogens with one attached hydrogen (secondary N) is 1. The van der Waals surface area contributed by atoms with Crippen LogP contribution in [0.1, 0.15) is 11.3 Å². The first kappa shape index (κ1) is 11.7. The maximum absolute atomic E-state index is 8.65. The number of benzene rings is 1. The summed E-state index contributed by atoms with van der Waals surface area (Å²) < 4.78 is 0. The number of nitrogens with zero attached hydrogens (tertiary/aromatic N) is 1. The highest BCUT2D eigenvalue weighted by molar-refractivity contribution is 7.16. The standard InChI is InChI=1S/C14H14N2S/c1-16-12-10-14(11-6-3-2-4-7-11)17-13(12)8-5-9-15/h2-4,6-7,10,16H,5,8H2,1H3. The average molecular weight is 242 g/mol. The Morgan fingerprint density at radius 1 is 1.29 bits per heavy atom. The monoisotopic (exact) mass is 242 g/mol. The van der Waals surface area contributed by atoms with E-state index in [1.165, 1.54) is 15.3 Å². The lowest BCUT2D eigenvalue weighted by atomic mass is 10.2. The van der Waals surface area contributed by atoms with Gasteiger partial charge < -0.3 is 5.32 Å². The van der Waals surface area contributed by atoms with Crippen LogP contribution in [-0.2, 0) is 6.42 Å². The van der Waals surface area contributed by atoms with Gasteiger partial charge in [0, 0.05) is 28.9 Å². The second-order valence-corrected chi connectivity index (χ2v) is 4.86. The molecule has 0 aliphatic carbocycles. The van der Waals surface area contributed by atoms with E-state index >= 15 is 0 Å². The SMILES string of the molecule is CNc1cc(-c2ccccc2)sc1CCC#N. The molecule has 0 radical (unpaired) electrons. The number of rotatable bonds is 4. The Kier molecular flexibility index (Phi) is 3.79. The Bertz CT molecular complexity index is 523. The number of hydrogen-bond donors (Lipinski definition) is 1. The largest absolute Gasteiger partial charge is 0.387 e. The van der Waals surface area contributed by atoms with Crippen molar-refractivity contribution in [2.75, 3.05) is 12.4 Å². The predicted molar refractivity (Wildman–Crippen MR) is 73.2 cm³/mol. The van der Waals surface area contributed by atoms with Crippen LogP contribution in [0.5, 0.6) is 0 Å². The van der Waals surface area contributed by atoms with E-state index in [1.54, 1.807) is 11.3 Å². The first-order valence-electron chi connectivity index (χ1n) is 5.58. The second kappa shape index (κ2) is 5.51. The van der Waals surface area contributed by atoms with Crippen molar-refractivity contribution in [3.05, 3.63) is 41.3 Å². The molecule has 86 valence electrons. The van der Waals surface area contributed by atoms with Crippen molar-refractivity contribution in [1.82, 2.24) is 0 Å². The van der Waals surface area contributed by atoms with E-state index in [-0.39, 0.29) is 0 Å². The Balaban J connectivity index is 2.31. The first-order valence-corrected chi connectivity index (χ1v) is 6.39. The smallest absolute Gasteiger partial charge is 0.0625 e. The molecule has 0 amide bonds. The van der Waals surface area contributed by atoms with Gasteiger partial charge in [-0.3, -0.25) is 0 Å². The van der Waals surface area contributed by atoms with Gasteiger partial charge in [0.2, 0.25) is 0 Å². The van der Waals surface area contributed by atoms with Crippen LogP contribution >= 0.6 is 11.3 Å². The van der Waals surface area contributed by atoms with Gasteiger partial charge in [-0.25, -0.2) is 0 Å². The molecule has 2 aromatic rings. The molecule has 1 aromatic carbocycles. The molecule has 0 fully saturated rings. The summed E-state index contributed by atoms with van der Waals surface area (Å²) in [5.41, 5.74) is 2.38. The molecule has 0 aliphatic rings. The molecular formula is C14H14N2S. The molecule has 2 nitrogen and oxygen atoms in total. The summed E-state index contributed by atoms with van der Waals surface area (Å²) in [6, 6.07) is 14.7. The topological polar surface area (TPSA) is 35.8 Å². The third-order valence-electron chi connectivity index (χ3n) is 2.60. The summed E-state index contributed by atoms with van der Waals surface area (Å²) in [6.07, 6.45) is 1.40. The van der Waals surface area contributed by atoms with Crippen LogP contribution in [0.15, 0.2) is 36.4 Å². The molecule has 0 spiro atoms. The van der Waals surface area contributed by atoms with Gasteiger partial charge in [0.05, 0.1) is 6.07 Å². The molecule has 0 saturated heterocycles. The van der Waals surface area contributed by atoms with Gasteiger partial charge in [-0.2, -0.15) is 5.26 Å². The van der Waals surface area contributed by atoms with Crippen molar-refractivity contribution in [2.45, 2.75) is 12.8 Å². The summed E-state index contributed by atoms with van der Waals surface area (Å²) >= 11 is 1.76. The quantitative estimate of drug-likeness (QED) is 0.882. The minimum Gasteiger partial charge on any atom is -0.387 e. The van der Waals surface area contributed by atoms with Crippen molar-refractivity contribution in [3.63, 3.8) is 0 Å². The van der Waals surface area contributed by atoms with E-state index < -0.39 is 0 Å². The predicted octanol–water partition coefficient (Wildman–Crippen LogP) is 3.91. The summed E-state index contributed by atoms with van der Waals surface area (Å²) in [7, 11) is 1.92. The molecule has 0 aliphatic heterocycles. The van der Waals surface area contributed by atoms with Crippen molar-refractivity contribution in [3.8, 4) is 16.5 Å². The molecule has 0 bridgehead atoms. The van der Waals surface area contributed by atoms with Crippen LogP contribution < -0.4 is 5.32 Å². The fraction of sp³-hybridized carbons (Fsp3) is 0.214. The molecule has 1 heterocycles. The molecule has 0 atom stereocenters. The van der Waals surface area contributed by atoms with E-state index in [0.717, 1.165) is 12.1 Å². The van der Waals surface area contributed by atoms with Gasteiger partial charge in [-0.1, -0.05) is 30.3 Å². The highest BCUT2D eigenvalue weighted by Crippen LogP contribution is 2.35. The van der Waals surface area contributed by atoms with Crippen molar-refractivity contribution in [2.24, 2.45) is 0 Å². The summed E-state index contributed by atoms with van der Waals surface area (Å²) in [5.74, 6) is 0. The van der Waals surface area contributed by atoms with Gasteiger partial charge in [-0.15, -0.1) is 11.3 Å². The Hall–Kier alpha value is -1.79. The Morgan fingerprint density at radius 3 is 2.71 bits per heavy atom. The maximum atomic E-state index is 8.65. The lowest BCUT2D eigenvalue weighted by Gasteiger charge is -1.98. The molecule has 0 unspecified atom stereocenters. The van der Waals surface area contributed by atoms with Gasteiger partial charge in [0.25, 0.3) is 0 Å². The molecular weight excluding hydrogens is 228 g/mol. The van der Waals surface area contributed by atoms with Crippen molar-refractivity contribution >= 4 is 17.0 Å². The zero-order valence-corrected chi connectivity index (χ0v) is 10.6. The normalized spacial score (nSPS) is 9.88. The van der Waals surface area contributed by atoms with E-state index in [4.69, 9.17) is 5.26 Å². The summed E-state index contributed by atoms with van der Waals surface area (Å²) in [5, 5.41) is 11.8. The zero-order valence-electron chi connectivity index (χ0n) is 9.73. The van der Waals surface area contributed by atoms with Crippen molar-refractivity contribution in [1.29, 1.82) is 5.26 Å². The second-order valence-electron chi connectivity index (χ2n) is 3.72. The van der Waals surface area contributed by atoms with Gasteiger partial charge in [0.15, 0.2) is 0 Å². The highest BCUT2D eigenvalue weighted by atomic mass is 32.1. The number of aryl methyl sites for hydroxylation is 1. The molecule has 1 aromatic heterocycles. The Morgan fingerprint density at radius 2 is 2.06 bits per heavy atom. The average Bonchev–Trinajstić information content (AvgIpc) is 2.80. The van der Waals surface area contributed by atoms with Gasteiger partial charge in [0.1, 0.15) is 0 Å². The molecule has 17 heavy (non-hydrogen) atoms. The van der Waals surface area contributed by atoms with Crippen LogP contribution in [0.4, 0.5) is 5.69 Å². The minimum absolute atomic E-state index is 0.573. The maximum Gasteiger partial charge on any atom is 0.0625 e. The van der Waals surface area contributed by atoms with Crippen molar-refractivity contribution < 1.29 is 0 Å². The third-order valence-corrected chi connectivity index (χ3v) is 3.84. The molecule has 2 rings (SSSR count). The van der Waals surface area contributed by atoms with Crippen LogP contribution in [0.25, 0.3) is 10.4 Å². The van der Waals surface area contributed by atoms with E-state index in [9.17, 15) is 0 Å². The lowest BCUT2D eigenvalue weighted by molar-refractivity contribution is 1.04. The number of thiophene rings is 1. The van der Waals surface area contributed by atoms with Crippen LogP contribution in [0.3, 0.4) is 0 Å². The van der Waals surface area contributed by atoms with Crippen LogP contribution in [0.2, 0.25) is 0 Å². The third kappa shape index (κ3) is 2.66. The summed E-state index contributed by atoms with van der Waals surface area (Å²) in [4.78, 5) is 2.51. The molecule has 1 N–H and O–H groups in total. The first-order chi connectivity index (χ1) is 8.35. The number of nitriles is 1. The fourth-order valence-electron chi connectivity index (χ4n) is 1.74. The minimum atomic E-state index is 0.573. The number of hydrogen-bond acceptors (Lipinski definition) is 3. The van der Waals surface area contributed by atoms with E-state index in [1.807, 2.05) is 25.2 Å². The molecule has 3 heteroatoms. The highest BCUT2D eigenvalue weighted by Gasteiger charge is 2.08. The summed E-state index contributed by atoms with van der Waals surface area (Å²) in [6.45, 7) is 0. The number of anilines is 1. The van der Waals surface area contributed by atoms with Crippen LogP contribution in [-0.4, -0.2) is 7.05 Å². The lowest BCUT2D eigenvalue weighted by Crippen LogP contribution is -1.89. The molecule has 0 saturated carbocycles. The van der Waals surface area contributed by atoms with E-state index in [2.05, 4.69) is 29.6 Å². The van der Waals surface area contributed by atoms with Gasteiger partial charge in [-0.05, 0) is 18.1 Å². The fourth-order valence-corrected chi connectivity index (χ4v) is 2.91. The van der Waals surface area contributed by atoms with E-state index in [0.29, 0.717) is 6.42 Å². The van der Waals surface area contributed by atoms with Gasteiger partial charge >= 0.3 is 0 Å². The van der Waals surface area contributed by atoms with Crippen LogP contribution in [0, 0.1) is 11.3 Å². The zero-order chi connectivity index (χ0) is 12.1. The Labute approximate surface area is 106 Å².